The largest absolute Gasteiger partial charge is 0.524 e. The highest BCUT2D eigenvalue weighted by molar-refractivity contribution is 7.46. The maximum atomic E-state index is 14.2. The van der Waals surface area contributed by atoms with Crippen molar-refractivity contribution in [1.29, 1.82) is 0 Å². The van der Waals surface area contributed by atoms with E-state index in [1.807, 2.05) is 24.6 Å². The molecule has 0 fully saturated rings. The fourth-order valence-corrected chi connectivity index (χ4v) is 14.7. The fourth-order valence-electron chi connectivity index (χ4n) is 11.7. The first-order chi connectivity index (χ1) is 43.6. The van der Waals surface area contributed by atoms with Crippen molar-refractivity contribution in [1.82, 2.24) is 20.4 Å². The minimum atomic E-state index is -4.95. The Morgan fingerprint density at radius 2 is 1.28 bits per heavy atom. The van der Waals surface area contributed by atoms with E-state index in [-0.39, 0.29) is 142 Å². The van der Waals surface area contributed by atoms with Gasteiger partial charge in [0.2, 0.25) is 23.6 Å². The Kier molecular flexibility index (Phi) is 25.8. The van der Waals surface area contributed by atoms with Crippen molar-refractivity contribution >= 4 is 144 Å². The molecule has 0 saturated carbocycles. The number of nitrogens with two attached hydrogens (primary N) is 2. The Hall–Kier alpha value is -6.90. The Balaban J connectivity index is 0.922. The number of hydrogen-bond acceptors (Lipinski definition) is 16. The number of ether oxygens (including phenoxy) is 2. The molecule has 29 heteroatoms. The SMILES string of the molecule is CC(=O)C[C@@H](CCCCN)C(=O)N[C@H](C(=O)C[C@@H](CCCNC(N)=O)C(=O)Nc1ccc(COC(=O)N(C)CCN(C)C(=O)Oc2cc3c(c4c(C)csc24)[C@H](CCl)CN3C(=O)CCCC(=O)N2C[C@@H](CCl)c3c2cc(OP(=O)(O)O)c2scc(C)c32)cc1)C(C)C. The molecule has 0 aliphatic carbocycles. The molecule has 0 spiro atoms. The highest BCUT2D eigenvalue weighted by Crippen LogP contribution is 2.53. The molecule has 0 radical (unpaired) electrons. The predicted octanol–water partition coefficient (Wildman–Crippen LogP) is 9.94. The van der Waals surface area contributed by atoms with E-state index in [0.29, 0.717) is 64.3 Å². The number of unbranched alkanes of at least 4 members (excludes halogenated alkanes) is 1. The summed E-state index contributed by atoms with van der Waals surface area (Å²) in [5.41, 5.74) is 16.3. The van der Waals surface area contributed by atoms with Gasteiger partial charge in [0.25, 0.3) is 0 Å². The van der Waals surface area contributed by atoms with Gasteiger partial charge in [-0.05, 0) is 116 Å². The average Bonchev–Trinajstić information content (AvgIpc) is 1.58. The number of halogens is 2. The number of ketones is 2. The van der Waals surface area contributed by atoms with Gasteiger partial charge in [0.05, 0.1) is 26.8 Å². The van der Waals surface area contributed by atoms with Crippen molar-refractivity contribution in [3.63, 3.8) is 0 Å². The lowest BCUT2D eigenvalue weighted by molar-refractivity contribution is -0.134. The van der Waals surface area contributed by atoms with Crippen LogP contribution in [0.25, 0.3) is 20.2 Å². The standard InChI is InChI=1S/C63H82Cl2N9O15PS2/c1-35(2)56(70-60(80)40(24-38(5)75)12-8-9-20-66)47(76)25-41(13-11-21-68-61(67)81)59(79)69-44-18-16-39(17-19-44)32-87-62(82)71(6)22-23-72(7)63(83)88-48-26-45-54(52-36(3)33-91-57(48)52)42(28-64)30-73(45)50(77)14-10-15-51(78)74-31-43(29-65)55-46(74)27-49(89-90(84,85)86)58-53(55)37(4)34-92-58/h16-19,26-27,33-35,40-43,56H,8-15,20-25,28-32,66H2,1-7H3,(H,69,79)(H,70,80)(H3,67,68,81)(H2,84,85,86)/t40-,41-,42-,43-,56+/m1/s1. The van der Waals surface area contributed by atoms with Crippen LogP contribution in [-0.4, -0.2) is 144 Å². The third kappa shape index (κ3) is 18.5. The number of phosphoric ester groups is 1. The Morgan fingerprint density at radius 3 is 1.80 bits per heavy atom. The van der Waals surface area contributed by atoms with Gasteiger partial charge in [-0.3, -0.25) is 33.8 Å². The number of Topliss-reactive ketones (excluding diaryl/α,β-unsaturated/α-hetero) is 2. The molecule has 0 unspecified atom stereocenters. The van der Waals surface area contributed by atoms with Crippen molar-refractivity contribution in [3.05, 3.63) is 75.0 Å². The number of rotatable bonds is 32. The maximum Gasteiger partial charge on any atom is 0.524 e. The Bertz CT molecular complexity index is 3600. The fraction of sp³-hybridized carbons (Fsp3) is 0.508. The lowest BCUT2D eigenvalue weighted by atomic mass is 9.88. The molecular weight excluding hydrogens is 1290 g/mol. The molecule has 92 heavy (non-hydrogen) atoms. The third-order valence-electron chi connectivity index (χ3n) is 16.4. The summed E-state index contributed by atoms with van der Waals surface area (Å²) in [4.78, 5) is 145. The summed E-state index contributed by atoms with van der Waals surface area (Å²) in [6, 6.07) is 8.02. The number of benzene rings is 3. The minimum Gasteiger partial charge on any atom is -0.445 e. The smallest absolute Gasteiger partial charge is 0.445 e. The van der Waals surface area contributed by atoms with Crippen LogP contribution in [0.1, 0.15) is 125 Å². The molecule has 0 bridgehead atoms. The number of thiophene rings is 2. The summed E-state index contributed by atoms with van der Waals surface area (Å²) in [6.45, 7) is 9.84. The number of fused-ring (bicyclic) bond motifs is 6. The van der Waals surface area contributed by atoms with Crippen LogP contribution in [0.5, 0.6) is 11.5 Å². The van der Waals surface area contributed by atoms with Crippen LogP contribution in [0.2, 0.25) is 0 Å². The molecule has 2 aliphatic heterocycles. The van der Waals surface area contributed by atoms with Crippen molar-refractivity contribution < 1.29 is 71.5 Å². The van der Waals surface area contributed by atoms with Crippen LogP contribution in [0.15, 0.2) is 47.2 Å². The van der Waals surface area contributed by atoms with Crippen LogP contribution in [0.3, 0.4) is 0 Å². The van der Waals surface area contributed by atoms with Crippen molar-refractivity contribution in [3.8, 4) is 11.5 Å². The van der Waals surface area contributed by atoms with Gasteiger partial charge < -0.3 is 65.8 Å². The number of carbonyl (C=O) groups is 9. The number of likely N-dealkylation sites (N-methyl/N-ethyl adjacent to an activating group) is 2. The van der Waals surface area contributed by atoms with Crippen molar-refractivity contribution in [2.75, 3.05) is 80.2 Å². The van der Waals surface area contributed by atoms with Gasteiger partial charge in [0.15, 0.2) is 17.3 Å². The van der Waals surface area contributed by atoms with E-state index in [1.54, 1.807) is 54.0 Å². The number of alkyl halides is 2. The van der Waals surface area contributed by atoms with Crippen LogP contribution in [0.4, 0.5) is 31.4 Å². The number of hydrogen-bond donors (Lipinski definition) is 7. The monoisotopic (exact) mass is 1370 g/mol. The van der Waals surface area contributed by atoms with E-state index in [4.69, 9.17) is 48.7 Å². The number of nitrogens with zero attached hydrogens (tertiary/aromatic N) is 4. The van der Waals surface area contributed by atoms with E-state index in [0.717, 1.165) is 33.0 Å². The summed E-state index contributed by atoms with van der Waals surface area (Å²) in [6.07, 6.45) is 0.799. The number of anilines is 3. The second-order valence-electron chi connectivity index (χ2n) is 23.9. The summed E-state index contributed by atoms with van der Waals surface area (Å²) in [7, 11) is -1.92. The number of primary amides is 1. The number of aryl methyl sites for hydroxylation is 2. The van der Waals surface area contributed by atoms with Crippen LogP contribution >= 0.6 is 53.7 Å². The van der Waals surface area contributed by atoms with Gasteiger partial charge in [0.1, 0.15) is 12.4 Å². The molecule has 5 aromatic rings. The molecule has 8 amide bonds. The Morgan fingerprint density at radius 1 is 0.750 bits per heavy atom. The second kappa shape index (κ2) is 32.8. The molecule has 2 aliphatic rings. The third-order valence-corrected chi connectivity index (χ3v) is 19.9. The lowest BCUT2D eigenvalue weighted by Gasteiger charge is -2.26. The van der Waals surface area contributed by atoms with Crippen molar-refractivity contribution in [2.45, 2.75) is 123 Å². The number of nitrogens with one attached hydrogen (secondary N) is 3. The van der Waals surface area contributed by atoms with E-state index < -0.39 is 55.7 Å². The predicted molar refractivity (Wildman–Crippen MR) is 356 cm³/mol. The zero-order valence-electron chi connectivity index (χ0n) is 52.7. The lowest BCUT2D eigenvalue weighted by Crippen LogP contribution is -2.48. The molecule has 4 heterocycles. The highest BCUT2D eigenvalue weighted by atomic mass is 35.5. The first-order valence-electron chi connectivity index (χ1n) is 30.5. The van der Waals surface area contributed by atoms with Gasteiger partial charge in [-0.25, -0.2) is 18.9 Å². The number of carbonyl (C=O) groups excluding carboxylic acids is 9. The number of phosphoric acid groups is 1. The molecule has 5 atom stereocenters. The van der Waals surface area contributed by atoms with Gasteiger partial charge in [-0.15, -0.1) is 45.9 Å². The van der Waals surface area contributed by atoms with E-state index in [9.17, 15) is 57.5 Å². The van der Waals surface area contributed by atoms with E-state index >= 15 is 0 Å². The van der Waals surface area contributed by atoms with Crippen molar-refractivity contribution in [2.24, 2.45) is 29.2 Å². The van der Waals surface area contributed by atoms with E-state index in [2.05, 4.69) is 16.0 Å². The molecule has 500 valence electrons. The molecule has 2 aromatic heterocycles. The quantitative estimate of drug-likeness (QED) is 0.0120. The van der Waals surface area contributed by atoms with Gasteiger partial charge in [-0.1, -0.05) is 32.4 Å². The van der Waals surface area contributed by atoms with Crippen LogP contribution < -0.4 is 46.5 Å². The summed E-state index contributed by atoms with van der Waals surface area (Å²) < 4.78 is 30.0. The number of urea groups is 1. The second-order valence-corrected chi connectivity index (χ2v) is 27.4. The zero-order chi connectivity index (χ0) is 67.3. The van der Waals surface area contributed by atoms with Crippen LogP contribution in [-0.2, 0) is 44.7 Å². The molecule has 24 nitrogen and oxygen atoms in total. The zero-order valence-corrected chi connectivity index (χ0v) is 56.7. The number of amides is 8. The molecule has 0 saturated heterocycles. The highest BCUT2D eigenvalue weighted by Gasteiger charge is 2.39. The van der Waals surface area contributed by atoms with Crippen LogP contribution in [0, 0.1) is 31.6 Å². The summed E-state index contributed by atoms with van der Waals surface area (Å²) >= 11 is 15.7. The maximum absolute atomic E-state index is 14.2. The molecule has 9 N–H and O–H groups in total. The normalized spacial score (nSPS) is 15.4. The molecule has 3 aromatic carbocycles. The van der Waals surface area contributed by atoms with Gasteiger partial charge >= 0.3 is 26.0 Å². The summed E-state index contributed by atoms with van der Waals surface area (Å²) in [5, 5.41) is 13.5. The minimum absolute atomic E-state index is 0.0155. The summed E-state index contributed by atoms with van der Waals surface area (Å²) in [5.74, 6) is -3.73. The first-order valence-corrected chi connectivity index (χ1v) is 34.8. The average molecular weight is 1370 g/mol. The topological polar surface area (TPSA) is 340 Å². The van der Waals surface area contributed by atoms with E-state index in [1.165, 1.54) is 59.6 Å². The van der Waals surface area contributed by atoms with Gasteiger partial charge in [0, 0.05) is 137 Å². The molecule has 7 rings (SSSR count). The first kappa shape index (κ1) is 72.5. The van der Waals surface area contributed by atoms with Gasteiger partial charge in [-0.2, -0.15) is 0 Å². The Labute approximate surface area is 552 Å². The molecular formula is C63H82Cl2N9O15PS2.